The van der Waals surface area contributed by atoms with Gasteiger partial charge in [-0.3, -0.25) is 4.99 Å². The predicted molar refractivity (Wildman–Crippen MR) is 44.2 cm³/mol. The quantitative estimate of drug-likeness (QED) is 0.533. The number of aromatic nitrogens is 1. The lowest BCUT2D eigenvalue weighted by Gasteiger charge is -1.73. The Morgan fingerprint density at radius 1 is 1.70 bits per heavy atom. The molecule has 0 aliphatic heterocycles. The Labute approximate surface area is 59.6 Å². The summed E-state index contributed by atoms with van der Waals surface area (Å²) in [6.07, 6.45) is 5.61. The van der Waals surface area contributed by atoms with Gasteiger partial charge in [0.15, 0.2) is 0 Å². The van der Waals surface area contributed by atoms with Crippen LogP contribution in [0.3, 0.4) is 0 Å². The van der Waals surface area contributed by atoms with Crippen LogP contribution in [0.25, 0.3) is 12.3 Å². The molecule has 0 saturated carbocycles. The number of rotatable bonds is 1. The van der Waals surface area contributed by atoms with Crippen molar-refractivity contribution in [3.05, 3.63) is 22.8 Å². The van der Waals surface area contributed by atoms with Crippen LogP contribution in [0.1, 0.15) is 6.92 Å². The highest BCUT2D eigenvalue weighted by Gasteiger charge is 1.80. The largest absolute Gasteiger partial charge is 0.361 e. The van der Waals surface area contributed by atoms with E-state index in [0.29, 0.717) is 0 Å². The fourth-order valence-electron chi connectivity index (χ4n) is 0.855. The fraction of sp³-hybridized carbons (Fsp3) is 0.125. The molecule has 1 aromatic heterocycles. The molecule has 0 aliphatic carbocycles. The first-order valence-corrected chi connectivity index (χ1v) is 3.14. The Balaban J connectivity index is 3.41. The van der Waals surface area contributed by atoms with Gasteiger partial charge >= 0.3 is 0 Å². The minimum atomic E-state index is 1.08. The molecule has 0 amide bonds. The number of hydrogen-bond acceptors (Lipinski definition) is 1. The summed E-state index contributed by atoms with van der Waals surface area (Å²) in [4.78, 5) is 6.74. The van der Waals surface area contributed by atoms with Gasteiger partial charge in [-0.25, -0.2) is 0 Å². The highest BCUT2D eigenvalue weighted by molar-refractivity contribution is 5.37. The smallest absolute Gasteiger partial charge is 0.0426 e. The third-order valence-electron chi connectivity index (χ3n) is 1.33. The van der Waals surface area contributed by atoms with Crippen LogP contribution in [0.15, 0.2) is 17.3 Å². The molecule has 0 fully saturated rings. The number of aliphatic imine (C=N–C) groups is 1. The molecule has 0 bridgehead atoms. The normalized spacial score (nSPS) is 14.1. The van der Waals surface area contributed by atoms with Crippen LogP contribution in [0.4, 0.5) is 0 Å². The SMILES string of the molecule is C=NC=c1cc[nH]c1=CC. The molecule has 1 aromatic rings. The summed E-state index contributed by atoms with van der Waals surface area (Å²) in [5.41, 5.74) is 0. The van der Waals surface area contributed by atoms with E-state index in [1.807, 2.05) is 25.3 Å². The molecular formula is C8H10N2. The molecule has 10 heavy (non-hydrogen) atoms. The van der Waals surface area contributed by atoms with Gasteiger partial charge in [-0.15, -0.1) is 0 Å². The van der Waals surface area contributed by atoms with Gasteiger partial charge in [-0.1, -0.05) is 6.08 Å². The molecule has 1 rings (SSSR count). The average molecular weight is 134 g/mol. The van der Waals surface area contributed by atoms with Gasteiger partial charge in [0.05, 0.1) is 0 Å². The van der Waals surface area contributed by atoms with Crippen LogP contribution in [0, 0.1) is 0 Å². The first-order chi connectivity index (χ1) is 4.88. The van der Waals surface area contributed by atoms with Gasteiger partial charge < -0.3 is 4.98 Å². The molecule has 0 spiro atoms. The van der Waals surface area contributed by atoms with Crippen LogP contribution in [-0.2, 0) is 0 Å². The second-order valence-corrected chi connectivity index (χ2v) is 1.95. The number of aromatic amines is 1. The topological polar surface area (TPSA) is 28.1 Å². The number of nitrogens with one attached hydrogen (secondary N) is 1. The van der Waals surface area contributed by atoms with Gasteiger partial charge in [-0.05, 0) is 19.7 Å². The van der Waals surface area contributed by atoms with Gasteiger partial charge in [0.1, 0.15) is 0 Å². The van der Waals surface area contributed by atoms with E-state index in [2.05, 4.69) is 16.7 Å². The summed E-state index contributed by atoms with van der Waals surface area (Å²) < 4.78 is 0. The number of nitrogens with zero attached hydrogens (tertiary/aromatic N) is 1. The molecule has 2 heteroatoms. The summed E-state index contributed by atoms with van der Waals surface area (Å²) in [6, 6.07) is 1.96. The molecule has 52 valence electrons. The van der Waals surface area contributed by atoms with E-state index < -0.39 is 0 Å². The second kappa shape index (κ2) is 3.01. The second-order valence-electron chi connectivity index (χ2n) is 1.95. The summed E-state index contributed by atoms with van der Waals surface area (Å²) in [5, 5.41) is 2.17. The van der Waals surface area contributed by atoms with E-state index in [4.69, 9.17) is 0 Å². The van der Waals surface area contributed by atoms with Crippen LogP contribution in [-0.4, -0.2) is 11.7 Å². The zero-order chi connectivity index (χ0) is 7.40. The van der Waals surface area contributed by atoms with E-state index in [1.54, 1.807) is 6.20 Å². The Bertz CT molecular complexity index is 319. The van der Waals surface area contributed by atoms with Gasteiger partial charge in [0.2, 0.25) is 0 Å². The van der Waals surface area contributed by atoms with Crippen molar-refractivity contribution in [2.24, 2.45) is 4.99 Å². The molecule has 0 saturated heterocycles. The molecule has 1 heterocycles. The first-order valence-electron chi connectivity index (χ1n) is 3.14. The van der Waals surface area contributed by atoms with Gasteiger partial charge in [0.25, 0.3) is 0 Å². The summed E-state index contributed by atoms with van der Waals surface area (Å²) >= 11 is 0. The van der Waals surface area contributed by atoms with Crippen LogP contribution >= 0.6 is 0 Å². The van der Waals surface area contributed by atoms with Crippen LogP contribution < -0.4 is 10.6 Å². The number of hydrogen-bond donors (Lipinski definition) is 1. The zero-order valence-corrected chi connectivity index (χ0v) is 5.96. The molecule has 1 N–H and O–H groups in total. The first kappa shape index (κ1) is 6.81. The maximum absolute atomic E-state index is 3.67. The summed E-state index contributed by atoms with van der Waals surface area (Å²) in [7, 11) is 0. The zero-order valence-electron chi connectivity index (χ0n) is 5.96. The van der Waals surface area contributed by atoms with E-state index in [9.17, 15) is 0 Å². The molecular weight excluding hydrogens is 124 g/mol. The van der Waals surface area contributed by atoms with Gasteiger partial charge in [0, 0.05) is 23.0 Å². The van der Waals surface area contributed by atoms with Crippen molar-refractivity contribution in [1.29, 1.82) is 0 Å². The summed E-state index contributed by atoms with van der Waals surface area (Å²) in [5.74, 6) is 0. The Kier molecular flexibility index (Phi) is 2.05. The van der Waals surface area contributed by atoms with Crippen LogP contribution in [0.2, 0.25) is 0 Å². The Morgan fingerprint density at radius 2 is 2.50 bits per heavy atom. The lowest BCUT2D eigenvalue weighted by molar-refractivity contribution is 1.31. The molecule has 0 unspecified atom stereocenters. The van der Waals surface area contributed by atoms with E-state index in [1.165, 1.54) is 0 Å². The standard InChI is InChI=1S/C8H10N2/c1-3-8-7(6-9-2)4-5-10-8/h3-6,10H,2H2,1H3. The fourth-order valence-corrected chi connectivity index (χ4v) is 0.855. The number of H-pyrrole nitrogens is 1. The monoisotopic (exact) mass is 134 g/mol. The molecule has 0 atom stereocenters. The van der Waals surface area contributed by atoms with Crippen molar-refractivity contribution in [3.8, 4) is 0 Å². The Hall–Kier alpha value is -1.31. The van der Waals surface area contributed by atoms with Crippen molar-refractivity contribution >= 4 is 19.0 Å². The third kappa shape index (κ3) is 1.16. The predicted octanol–water partition coefficient (Wildman–Crippen LogP) is 0.254. The van der Waals surface area contributed by atoms with Crippen molar-refractivity contribution in [2.45, 2.75) is 6.92 Å². The highest BCUT2D eigenvalue weighted by Crippen LogP contribution is 1.65. The lowest BCUT2D eigenvalue weighted by Crippen LogP contribution is -2.20. The van der Waals surface area contributed by atoms with Crippen molar-refractivity contribution < 1.29 is 0 Å². The molecule has 0 radical (unpaired) electrons. The minimum absolute atomic E-state index is 1.08. The molecule has 2 nitrogen and oxygen atoms in total. The molecule has 0 aromatic carbocycles. The van der Waals surface area contributed by atoms with E-state index in [0.717, 1.165) is 10.6 Å². The Morgan fingerprint density at radius 3 is 3.10 bits per heavy atom. The maximum atomic E-state index is 3.67. The summed E-state index contributed by atoms with van der Waals surface area (Å²) in [6.45, 7) is 5.36. The van der Waals surface area contributed by atoms with Crippen molar-refractivity contribution in [3.63, 3.8) is 0 Å². The molecule has 0 aliphatic rings. The van der Waals surface area contributed by atoms with Crippen LogP contribution in [0.5, 0.6) is 0 Å². The third-order valence-corrected chi connectivity index (χ3v) is 1.33. The average Bonchev–Trinajstić information content (AvgIpc) is 2.36. The van der Waals surface area contributed by atoms with E-state index in [-0.39, 0.29) is 0 Å². The maximum Gasteiger partial charge on any atom is 0.0426 e. The minimum Gasteiger partial charge on any atom is -0.361 e. The highest BCUT2D eigenvalue weighted by atomic mass is 14.7. The van der Waals surface area contributed by atoms with E-state index >= 15 is 0 Å². The van der Waals surface area contributed by atoms with Gasteiger partial charge in [-0.2, -0.15) is 0 Å². The van der Waals surface area contributed by atoms with Crippen molar-refractivity contribution in [1.82, 2.24) is 4.98 Å². The lowest BCUT2D eigenvalue weighted by atomic mass is 10.4. The van der Waals surface area contributed by atoms with Crippen molar-refractivity contribution in [2.75, 3.05) is 0 Å².